The van der Waals surface area contributed by atoms with Gasteiger partial charge in [0.25, 0.3) is 0 Å². The third-order valence-corrected chi connectivity index (χ3v) is 27.2. The second-order valence-electron chi connectivity index (χ2n) is 35.1. The summed E-state index contributed by atoms with van der Waals surface area (Å²) in [5.41, 5.74) is 25.5. The lowest BCUT2D eigenvalue weighted by Gasteiger charge is -2.15. The van der Waals surface area contributed by atoms with Crippen molar-refractivity contribution in [1.82, 2.24) is 29.4 Å². The Labute approximate surface area is 890 Å². The lowest BCUT2D eigenvalue weighted by Crippen LogP contribution is -2.15. The van der Waals surface area contributed by atoms with Gasteiger partial charge in [0.05, 0.1) is 0 Å². The maximum absolute atomic E-state index is 2.46. The molecule has 6 heteroatoms. The van der Waals surface area contributed by atoms with Gasteiger partial charge >= 0.3 is 0 Å². The molecule has 0 unspecified atom stereocenters. The van der Waals surface area contributed by atoms with E-state index in [-0.39, 0.29) is 0 Å². The molecule has 784 valence electrons. The molecule has 3 aliphatic carbocycles. The molecule has 0 spiro atoms. The first-order chi connectivity index (χ1) is 71.4. The van der Waals surface area contributed by atoms with Crippen molar-refractivity contribution in [2.45, 2.75) is 246 Å². The van der Waals surface area contributed by atoms with Crippen LogP contribution >= 0.6 is 0 Å². The van der Waals surface area contributed by atoms with Crippen molar-refractivity contribution < 1.29 is 0 Å². The fraction of sp³-hybridized carbons (Fsp3) is 0.386. The summed E-state index contributed by atoms with van der Waals surface area (Å²) in [6, 6.07) is 113. The minimum absolute atomic E-state index is 0.977. The average molecular weight is 1960 g/mol. The van der Waals surface area contributed by atoms with Crippen molar-refractivity contribution in [2.75, 3.05) is 121 Å². The van der Waals surface area contributed by atoms with Gasteiger partial charge in [0.15, 0.2) is 0 Å². The van der Waals surface area contributed by atoms with Gasteiger partial charge in [-0.15, -0.1) is 0 Å². The van der Waals surface area contributed by atoms with Crippen molar-refractivity contribution in [3.63, 3.8) is 0 Å². The molecule has 0 heterocycles. The van der Waals surface area contributed by atoms with Crippen molar-refractivity contribution in [1.29, 1.82) is 0 Å². The molecular formula is C140H194N6. The maximum Gasteiger partial charge on any atom is -0.000727 e. The molecule has 0 amide bonds. The van der Waals surface area contributed by atoms with Crippen LogP contribution in [0.2, 0.25) is 0 Å². The summed E-state index contributed by atoms with van der Waals surface area (Å²) in [5.74, 6) is 0. The summed E-state index contributed by atoms with van der Waals surface area (Å²) in [5, 5.41) is 24.7. The summed E-state index contributed by atoms with van der Waals surface area (Å²) < 4.78 is 0. The maximum atomic E-state index is 2.46. The SMILES string of the molecule is CC.CC.CC.CC.CC.CC.CC.CC.CC.CCN(C)CC.CCN(C)CC.CCN(C)CC.CCN(C)CC.CCN(C)CC.CCN(C)CC.c1ccc(Cc2ccc3c(c2)-c2c(cc4ccc5cccc6ccc2c4c56)C3)cc1.c1ccc(Cc2ccc3c(c2)-c2cc4c5ccccc5c5ccccc5c4cc2C3)cc1.c1ccc(Cc2ccc3c(c2)-c2cc4ccc5cccc6ccc(c2C3)c4c56)cc1. The second-order valence-corrected chi connectivity index (χ2v) is 35.1. The molecule has 0 bridgehead atoms. The van der Waals surface area contributed by atoms with Gasteiger partial charge in [-0.05, 0) is 375 Å². The van der Waals surface area contributed by atoms with E-state index in [2.05, 4.69) is 458 Å². The van der Waals surface area contributed by atoms with Gasteiger partial charge in [-0.3, -0.25) is 0 Å². The second kappa shape index (κ2) is 70.4. The van der Waals surface area contributed by atoms with Gasteiger partial charge in [0.1, 0.15) is 0 Å². The molecule has 0 fully saturated rings. The average Bonchev–Trinajstić information content (AvgIpc) is 1.52. The molecule has 0 aliphatic heterocycles. The molecular weight excluding hydrogens is 1770 g/mol. The summed E-state index contributed by atoms with van der Waals surface area (Å²) in [7, 11) is 12.7. The standard InChI is InChI=1S/C32H22.2C30H20.6C5H13N.9C2H6/c1-2-8-21(9-3-1)16-22-14-15-23-18-24-19-31-27-12-6-4-10-25(27)26-11-5-7-13-28(26)32(31)20-30(24)29(23)17-22;1-2-5-19(6-3-1)15-20-9-10-23-17-25-18-24-12-11-21-7-4-8-22-13-14-26(30(24)28(21)22)29(25)27(23)16-20;1-2-5-19(6-3-1)15-20-9-10-23-17-27-25-14-13-22-8-4-7-21-11-12-24(30(25)29(21)22)18-28(27)26(23)16-20;6*1-4-6(3)5-2;9*1-2/h1-15,17,19-20H,16,18H2;2*1-14,16,18H,15,17H2;6*4-5H2,1-3H3;9*1-2H3. The molecule has 0 radical (unpaired) electrons. The first kappa shape index (κ1) is 127. The Morgan fingerprint density at radius 1 is 0.164 bits per heavy atom. The summed E-state index contributed by atoms with van der Waals surface area (Å²) in [4.78, 5) is 13.5. The molecule has 146 heavy (non-hydrogen) atoms. The predicted octanol–water partition coefficient (Wildman–Crippen LogP) is 38.8. The Morgan fingerprint density at radius 3 is 0.767 bits per heavy atom. The monoisotopic (exact) mass is 1960 g/mol. The third kappa shape index (κ3) is 34.6. The van der Waals surface area contributed by atoms with Crippen molar-refractivity contribution in [3.05, 3.63) is 370 Å². The first-order valence-electron chi connectivity index (χ1n) is 56.7. The van der Waals surface area contributed by atoms with Crippen LogP contribution in [0.3, 0.4) is 0 Å². The van der Waals surface area contributed by atoms with E-state index in [0.29, 0.717) is 0 Å². The third-order valence-electron chi connectivity index (χ3n) is 27.2. The number of rotatable bonds is 18. The molecule has 18 aromatic carbocycles. The molecule has 0 saturated carbocycles. The molecule has 0 saturated heterocycles. The Hall–Kier alpha value is -11.4. The zero-order valence-electron chi connectivity index (χ0n) is 98.3. The van der Waals surface area contributed by atoms with E-state index >= 15 is 0 Å². The van der Waals surface area contributed by atoms with Crippen LogP contribution in [0, 0.1) is 0 Å². The van der Waals surface area contributed by atoms with Gasteiger partial charge < -0.3 is 29.4 Å². The van der Waals surface area contributed by atoms with Crippen LogP contribution in [0.4, 0.5) is 0 Å². The van der Waals surface area contributed by atoms with Crippen LogP contribution < -0.4 is 0 Å². The fourth-order valence-corrected chi connectivity index (χ4v) is 17.9. The first-order valence-corrected chi connectivity index (χ1v) is 56.7. The van der Waals surface area contributed by atoms with Gasteiger partial charge in [-0.1, -0.05) is 493 Å². The Morgan fingerprint density at radius 2 is 0.425 bits per heavy atom. The molecule has 0 aromatic heterocycles. The van der Waals surface area contributed by atoms with E-state index in [1.807, 2.05) is 125 Å². The molecule has 18 aromatic rings. The zero-order chi connectivity index (χ0) is 108. The molecule has 0 atom stereocenters. The van der Waals surface area contributed by atoms with E-state index in [0.717, 1.165) is 117 Å². The quantitative estimate of drug-likeness (QED) is 0.0792. The molecule has 0 N–H and O–H groups in total. The Balaban J connectivity index is 0.000000367. The molecule has 3 aliphatic rings. The summed E-state index contributed by atoms with van der Waals surface area (Å²) in [6.45, 7) is 75.8. The number of hydrogen-bond donors (Lipinski definition) is 0. The lowest BCUT2D eigenvalue weighted by atomic mass is 9.89. The highest BCUT2D eigenvalue weighted by Crippen LogP contribution is 2.50. The minimum Gasteiger partial charge on any atom is -0.307 e. The lowest BCUT2D eigenvalue weighted by molar-refractivity contribution is 0.373. The minimum atomic E-state index is 0.977. The van der Waals surface area contributed by atoms with Crippen LogP contribution in [-0.2, 0) is 38.5 Å². The fourth-order valence-electron chi connectivity index (χ4n) is 17.9. The summed E-state index contributed by atoms with van der Waals surface area (Å²) in [6.07, 6.45) is 6.03. The van der Waals surface area contributed by atoms with E-state index < -0.39 is 0 Å². The highest BCUT2D eigenvalue weighted by Gasteiger charge is 2.27. The Bertz CT molecular complexity index is 6480. The van der Waals surface area contributed by atoms with Gasteiger partial charge in [0.2, 0.25) is 0 Å². The van der Waals surface area contributed by atoms with Crippen molar-refractivity contribution >= 4 is 97.0 Å². The van der Waals surface area contributed by atoms with Crippen LogP contribution in [0.5, 0.6) is 0 Å². The van der Waals surface area contributed by atoms with E-state index in [9.17, 15) is 0 Å². The van der Waals surface area contributed by atoms with Crippen LogP contribution in [0.25, 0.3) is 130 Å². The van der Waals surface area contributed by atoms with E-state index in [4.69, 9.17) is 0 Å². The number of hydrogen-bond acceptors (Lipinski definition) is 6. The van der Waals surface area contributed by atoms with Gasteiger partial charge in [-0.2, -0.15) is 0 Å². The number of benzene rings is 18. The van der Waals surface area contributed by atoms with Crippen LogP contribution in [0.1, 0.15) is 274 Å². The number of nitrogens with zero attached hydrogens (tertiary/aromatic N) is 6. The smallest absolute Gasteiger partial charge is 0.000727 e. The zero-order valence-corrected chi connectivity index (χ0v) is 98.3. The van der Waals surface area contributed by atoms with Crippen molar-refractivity contribution in [3.8, 4) is 33.4 Å². The normalized spacial score (nSPS) is 10.8. The van der Waals surface area contributed by atoms with E-state index in [1.165, 1.54) is 197 Å². The van der Waals surface area contributed by atoms with Crippen molar-refractivity contribution in [2.24, 2.45) is 0 Å². The van der Waals surface area contributed by atoms with Crippen LogP contribution in [-0.4, -0.2) is 150 Å². The molecule has 21 rings (SSSR count). The number of fused-ring (bicyclic) bond motifs is 17. The van der Waals surface area contributed by atoms with E-state index in [1.54, 1.807) is 0 Å². The summed E-state index contributed by atoms with van der Waals surface area (Å²) >= 11 is 0. The largest absolute Gasteiger partial charge is 0.307 e. The topological polar surface area (TPSA) is 19.4 Å². The highest BCUT2D eigenvalue weighted by molar-refractivity contribution is 6.28. The van der Waals surface area contributed by atoms with Gasteiger partial charge in [-0.25, -0.2) is 0 Å². The van der Waals surface area contributed by atoms with Gasteiger partial charge in [0, 0.05) is 0 Å². The highest BCUT2D eigenvalue weighted by atomic mass is 15.1. The Kier molecular flexibility index (Phi) is 61.2. The molecule has 6 nitrogen and oxygen atoms in total. The predicted molar refractivity (Wildman–Crippen MR) is 667 cm³/mol. The van der Waals surface area contributed by atoms with Crippen LogP contribution in [0.15, 0.2) is 303 Å².